The van der Waals surface area contributed by atoms with E-state index in [4.69, 9.17) is 5.73 Å². The zero-order chi connectivity index (χ0) is 24.8. The summed E-state index contributed by atoms with van der Waals surface area (Å²) in [6.45, 7) is 5.60. The van der Waals surface area contributed by atoms with Crippen molar-refractivity contribution in [3.8, 4) is 5.69 Å². The fourth-order valence-corrected chi connectivity index (χ4v) is 6.09. The number of fused-ring (bicyclic) bond motifs is 1. The van der Waals surface area contributed by atoms with E-state index in [0.717, 1.165) is 0 Å². The second-order valence-corrected chi connectivity index (χ2v) is 11.7. The highest BCUT2D eigenvalue weighted by molar-refractivity contribution is 7.91. The first-order chi connectivity index (χ1) is 15.9. The molecule has 180 valence electrons. The van der Waals surface area contributed by atoms with Crippen molar-refractivity contribution in [2.75, 3.05) is 11.5 Å². The van der Waals surface area contributed by atoms with Crippen molar-refractivity contribution < 1.29 is 18.0 Å². The number of nitrogens with one attached hydrogen (secondary N) is 1. The van der Waals surface area contributed by atoms with Crippen molar-refractivity contribution >= 4 is 32.7 Å². The molecular weight excluding hydrogens is 456 g/mol. The van der Waals surface area contributed by atoms with Gasteiger partial charge in [0.1, 0.15) is 9.84 Å². The zero-order valence-electron chi connectivity index (χ0n) is 19.4. The zero-order valence-corrected chi connectivity index (χ0v) is 20.2. The average molecular weight is 485 g/mol. The molecular formula is C24H28N4O5S. The molecule has 0 aliphatic carbocycles. The molecule has 4 rings (SSSR count). The van der Waals surface area contributed by atoms with Crippen LogP contribution < -0.4 is 16.7 Å². The molecule has 0 spiro atoms. The van der Waals surface area contributed by atoms with Gasteiger partial charge in [-0.2, -0.15) is 0 Å². The Hall–Kier alpha value is -3.40. The number of hydrogen-bond acceptors (Lipinski definition) is 5. The number of amides is 2. The van der Waals surface area contributed by atoms with Crippen LogP contribution in [0.5, 0.6) is 0 Å². The molecule has 2 heterocycles. The van der Waals surface area contributed by atoms with Gasteiger partial charge in [0, 0.05) is 22.7 Å². The maximum atomic E-state index is 13.4. The number of primary amides is 1. The van der Waals surface area contributed by atoms with Gasteiger partial charge in [0.2, 0.25) is 5.91 Å². The second-order valence-electron chi connectivity index (χ2n) is 9.37. The molecule has 1 fully saturated rings. The van der Waals surface area contributed by atoms with E-state index in [0.29, 0.717) is 35.1 Å². The lowest BCUT2D eigenvalue weighted by atomic mass is 9.94. The summed E-state index contributed by atoms with van der Waals surface area (Å²) < 4.78 is 26.6. The number of aromatic nitrogens is 2. The Morgan fingerprint density at radius 2 is 1.71 bits per heavy atom. The largest absolute Gasteiger partial charge is 0.366 e. The summed E-state index contributed by atoms with van der Waals surface area (Å²) in [5, 5.41) is 2.99. The molecule has 0 radical (unpaired) electrons. The van der Waals surface area contributed by atoms with Crippen molar-refractivity contribution in [2.45, 2.75) is 45.2 Å². The van der Waals surface area contributed by atoms with E-state index in [2.05, 4.69) is 5.32 Å². The third-order valence-corrected chi connectivity index (χ3v) is 8.04. The number of nitrogens with two attached hydrogens (primary N) is 1. The third-order valence-electron chi connectivity index (χ3n) is 6.39. The van der Waals surface area contributed by atoms with Crippen LogP contribution in [0.15, 0.2) is 47.3 Å². The molecule has 1 aliphatic rings. The fourth-order valence-electron chi connectivity index (χ4n) is 4.37. The van der Waals surface area contributed by atoms with Crippen LogP contribution in [0, 0.1) is 0 Å². The number of sulfone groups is 1. The lowest BCUT2D eigenvalue weighted by Crippen LogP contribution is -2.50. The minimum atomic E-state index is -3.06. The Morgan fingerprint density at radius 3 is 2.32 bits per heavy atom. The molecule has 0 saturated carbocycles. The highest BCUT2D eigenvalue weighted by Gasteiger charge is 2.34. The van der Waals surface area contributed by atoms with Crippen LogP contribution in [0.25, 0.3) is 16.7 Å². The summed E-state index contributed by atoms with van der Waals surface area (Å²) in [7, 11) is -3.06. The van der Waals surface area contributed by atoms with Gasteiger partial charge >= 0.3 is 5.69 Å². The summed E-state index contributed by atoms with van der Waals surface area (Å²) >= 11 is 0. The number of imidazole rings is 1. The number of carbonyl (C=O) groups excluding carboxylic acids is 2. The van der Waals surface area contributed by atoms with Gasteiger partial charge in [-0.05, 0) is 70.0 Å². The van der Waals surface area contributed by atoms with Crippen LogP contribution >= 0.6 is 0 Å². The summed E-state index contributed by atoms with van der Waals surface area (Å²) in [4.78, 5) is 38.1. The van der Waals surface area contributed by atoms with Gasteiger partial charge in [0.25, 0.3) is 5.91 Å². The van der Waals surface area contributed by atoms with Gasteiger partial charge in [0.05, 0.1) is 28.2 Å². The molecule has 10 heteroatoms. The van der Waals surface area contributed by atoms with E-state index in [1.165, 1.54) is 4.57 Å². The minimum Gasteiger partial charge on any atom is -0.366 e. The van der Waals surface area contributed by atoms with E-state index in [9.17, 15) is 22.8 Å². The molecule has 2 aromatic carbocycles. The summed E-state index contributed by atoms with van der Waals surface area (Å²) in [6, 6.07) is 11.3. The highest BCUT2D eigenvalue weighted by Crippen LogP contribution is 2.26. The number of rotatable bonds is 5. The lowest BCUT2D eigenvalue weighted by Gasteiger charge is -2.34. The van der Waals surface area contributed by atoms with E-state index in [1.807, 2.05) is 20.8 Å². The van der Waals surface area contributed by atoms with E-state index in [1.54, 1.807) is 47.0 Å². The molecule has 0 bridgehead atoms. The Balaban J connectivity index is 1.76. The van der Waals surface area contributed by atoms with E-state index < -0.39 is 21.3 Å². The van der Waals surface area contributed by atoms with Crippen molar-refractivity contribution in [3.63, 3.8) is 0 Å². The Kier molecular flexibility index (Phi) is 5.89. The number of nitrogens with zero attached hydrogens (tertiary/aromatic N) is 2. The number of carbonyl (C=O) groups is 2. The first-order valence-electron chi connectivity index (χ1n) is 11.1. The van der Waals surface area contributed by atoms with Crippen molar-refractivity contribution in [1.82, 2.24) is 14.5 Å². The first kappa shape index (κ1) is 23.7. The smallest absolute Gasteiger partial charge is 0.333 e. The van der Waals surface area contributed by atoms with Crippen LogP contribution in [-0.4, -0.2) is 46.4 Å². The lowest BCUT2D eigenvalue weighted by molar-refractivity contribution is 0.0899. The maximum Gasteiger partial charge on any atom is 0.333 e. The molecule has 2 amide bonds. The van der Waals surface area contributed by atoms with Crippen molar-refractivity contribution in [2.24, 2.45) is 5.73 Å². The van der Waals surface area contributed by atoms with Crippen molar-refractivity contribution in [1.29, 1.82) is 0 Å². The SMILES string of the molecule is CC(C)n1c(=O)n(-c2cccc(C(N)=O)c2)c2ccc(C(=O)NC3(C)CCS(=O)(=O)CC3)cc21. The van der Waals surface area contributed by atoms with Crippen LogP contribution in [0.3, 0.4) is 0 Å². The summed E-state index contributed by atoms with van der Waals surface area (Å²) in [6.07, 6.45) is 0.708. The molecule has 0 unspecified atom stereocenters. The van der Waals surface area contributed by atoms with Crippen LogP contribution in [0.2, 0.25) is 0 Å². The fraction of sp³-hybridized carbons (Fsp3) is 0.375. The Morgan fingerprint density at radius 1 is 1.03 bits per heavy atom. The van der Waals surface area contributed by atoms with Gasteiger partial charge in [-0.15, -0.1) is 0 Å². The Labute approximate surface area is 197 Å². The highest BCUT2D eigenvalue weighted by atomic mass is 32.2. The van der Waals surface area contributed by atoms with Gasteiger partial charge in [-0.25, -0.2) is 13.2 Å². The second kappa shape index (κ2) is 8.43. The molecule has 3 aromatic rings. The quantitative estimate of drug-likeness (QED) is 0.573. The summed E-state index contributed by atoms with van der Waals surface area (Å²) in [5.74, 6) is -0.827. The van der Waals surface area contributed by atoms with E-state index >= 15 is 0 Å². The monoisotopic (exact) mass is 484 g/mol. The van der Waals surface area contributed by atoms with Crippen LogP contribution in [0.1, 0.15) is 60.4 Å². The van der Waals surface area contributed by atoms with Gasteiger partial charge in [-0.3, -0.25) is 18.7 Å². The molecule has 0 atom stereocenters. The summed E-state index contributed by atoms with van der Waals surface area (Å²) in [5.41, 5.74) is 6.82. The molecule has 1 aliphatic heterocycles. The van der Waals surface area contributed by atoms with Gasteiger partial charge < -0.3 is 11.1 Å². The van der Waals surface area contributed by atoms with Crippen LogP contribution in [-0.2, 0) is 9.84 Å². The third kappa shape index (κ3) is 4.37. The van der Waals surface area contributed by atoms with Gasteiger partial charge in [-0.1, -0.05) is 6.07 Å². The molecule has 34 heavy (non-hydrogen) atoms. The number of hydrogen-bond donors (Lipinski definition) is 2. The molecule has 1 saturated heterocycles. The minimum absolute atomic E-state index is 0.0446. The molecule has 3 N–H and O–H groups in total. The van der Waals surface area contributed by atoms with Crippen LogP contribution in [0.4, 0.5) is 0 Å². The topological polar surface area (TPSA) is 133 Å². The first-order valence-corrected chi connectivity index (χ1v) is 12.9. The molecule has 9 nitrogen and oxygen atoms in total. The van der Waals surface area contributed by atoms with Crippen molar-refractivity contribution in [3.05, 3.63) is 64.1 Å². The number of benzene rings is 2. The standard InChI is InChI=1S/C24H28N4O5S/c1-15(2)27-20-14-17(22(30)26-24(3)9-11-34(32,33)12-10-24)7-8-19(20)28(23(27)31)18-6-4-5-16(13-18)21(25)29/h4-8,13-15H,9-12H2,1-3H3,(H2,25,29)(H,26,30). The Bertz CT molecular complexity index is 1450. The maximum absolute atomic E-state index is 13.4. The van der Waals surface area contributed by atoms with E-state index in [-0.39, 0.29) is 34.7 Å². The normalized spacial score (nSPS) is 17.1. The average Bonchev–Trinajstić information content (AvgIpc) is 3.07. The molecule has 1 aromatic heterocycles. The predicted molar refractivity (Wildman–Crippen MR) is 130 cm³/mol. The predicted octanol–water partition coefficient (Wildman–Crippen LogP) is 2.17. The van der Waals surface area contributed by atoms with Gasteiger partial charge in [0.15, 0.2) is 0 Å².